The quantitative estimate of drug-likeness (QED) is 0.114. The molecule has 0 saturated heterocycles. The van der Waals surface area contributed by atoms with E-state index < -0.39 is 0 Å². The van der Waals surface area contributed by atoms with Crippen LogP contribution in [0.5, 0.6) is 0 Å². The Hall–Kier alpha value is -2.20. The van der Waals surface area contributed by atoms with E-state index in [4.69, 9.17) is 18.9 Å². The minimum absolute atomic E-state index is 0.179. The van der Waals surface area contributed by atoms with E-state index in [1.165, 1.54) is 0 Å². The Kier molecular flexibility index (Phi) is 21.8. The number of unbranched alkanes of at least 4 members (excludes halogenated alkanes) is 2. The summed E-state index contributed by atoms with van der Waals surface area (Å²) in [6.45, 7) is 12.6. The Bertz CT molecular complexity index is 593. The maximum absolute atomic E-state index is 11.8. The second-order valence-electron chi connectivity index (χ2n) is 8.32. The van der Waals surface area contributed by atoms with Gasteiger partial charge in [-0.05, 0) is 73.0 Å². The molecule has 0 unspecified atom stereocenters. The Balaban J connectivity index is 4.64. The first kappa shape index (κ1) is 33.8. The van der Waals surface area contributed by atoms with Gasteiger partial charge in [-0.3, -0.25) is 19.2 Å². The monoisotopic (exact) mass is 516 g/mol. The van der Waals surface area contributed by atoms with Gasteiger partial charge in [0, 0.05) is 26.1 Å². The van der Waals surface area contributed by atoms with Crippen molar-refractivity contribution in [1.82, 2.24) is 9.80 Å². The summed E-state index contributed by atoms with van der Waals surface area (Å²) in [5.41, 5.74) is 0. The minimum Gasteiger partial charge on any atom is -0.466 e. The summed E-state index contributed by atoms with van der Waals surface area (Å²) in [7, 11) is 0. The topological polar surface area (TPSA) is 112 Å². The van der Waals surface area contributed by atoms with Crippen LogP contribution in [0.2, 0.25) is 0 Å². The number of carbonyl (C=O) groups is 4. The molecule has 0 aromatic heterocycles. The van der Waals surface area contributed by atoms with E-state index in [0.29, 0.717) is 58.9 Å². The second-order valence-corrected chi connectivity index (χ2v) is 8.32. The Morgan fingerprint density at radius 1 is 0.417 bits per heavy atom. The summed E-state index contributed by atoms with van der Waals surface area (Å²) >= 11 is 0. The highest BCUT2D eigenvalue weighted by atomic mass is 16.5. The third-order valence-electron chi connectivity index (χ3n) is 5.42. The van der Waals surface area contributed by atoms with Gasteiger partial charge < -0.3 is 28.7 Å². The first-order valence-corrected chi connectivity index (χ1v) is 13.4. The van der Waals surface area contributed by atoms with E-state index in [2.05, 4.69) is 9.80 Å². The van der Waals surface area contributed by atoms with Crippen LogP contribution in [0.4, 0.5) is 0 Å². The van der Waals surface area contributed by atoms with Crippen molar-refractivity contribution in [1.29, 1.82) is 0 Å². The van der Waals surface area contributed by atoms with Gasteiger partial charge in [-0.1, -0.05) is 0 Å². The Morgan fingerprint density at radius 3 is 1.03 bits per heavy atom. The average Bonchev–Trinajstić information content (AvgIpc) is 2.84. The highest BCUT2D eigenvalue weighted by molar-refractivity contribution is 5.70. The molecule has 0 spiro atoms. The number of ether oxygens (including phenoxy) is 4. The lowest BCUT2D eigenvalue weighted by molar-refractivity contribution is -0.145. The maximum Gasteiger partial charge on any atom is 0.307 e. The van der Waals surface area contributed by atoms with E-state index >= 15 is 0 Å². The fourth-order valence-corrected chi connectivity index (χ4v) is 3.63. The number of hydrogen-bond acceptors (Lipinski definition) is 10. The summed E-state index contributed by atoms with van der Waals surface area (Å²) in [6, 6.07) is 0. The fraction of sp³-hybridized carbons (Fsp3) is 0.846. The zero-order valence-corrected chi connectivity index (χ0v) is 22.9. The number of carbonyl (C=O) groups excluding carboxylic acids is 4. The molecular weight excluding hydrogens is 468 g/mol. The van der Waals surface area contributed by atoms with Crippen LogP contribution in [0.3, 0.4) is 0 Å². The third-order valence-corrected chi connectivity index (χ3v) is 5.42. The summed E-state index contributed by atoms with van der Waals surface area (Å²) < 4.78 is 20.1. The molecule has 0 rings (SSSR count). The molecule has 0 aliphatic carbocycles. The number of nitrogens with zero attached hydrogens (tertiary/aromatic N) is 2. The van der Waals surface area contributed by atoms with Gasteiger partial charge in [0.15, 0.2) is 0 Å². The maximum atomic E-state index is 11.8. The Labute approximate surface area is 216 Å². The van der Waals surface area contributed by atoms with Crippen LogP contribution in [0.15, 0.2) is 0 Å². The molecule has 0 bridgehead atoms. The molecule has 36 heavy (non-hydrogen) atoms. The number of hydrogen-bond donors (Lipinski definition) is 0. The van der Waals surface area contributed by atoms with E-state index in [1.54, 1.807) is 27.7 Å². The normalized spacial score (nSPS) is 10.9. The number of esters is 4. The molecule has 0 N–H and O–H groups in total. The predicted octanol–water partition coefficient (Wildman–Crippen LogP) is 2.96. The largest absolute Gasteiger partial charge is 0.466 e. The molecule has 0 heterocycles. The molecule has 0 amide bonds. The van der Waals surface area contributed by atoms with Crippen molar-refractivity contribution in [3.05, 3.63) is 0 Å². The zero-order chi connectivity index (χ0) is 27.0. The molecule has 0 aliphatic rings. The molecule has 0 aliphatic heterocycles. The van der Waals surface area contributed by atoms with Crippen LogP contribution in [0, 0.1) is 0 Å². The summed E-state index contributed by atoms with van der Waals surface area (Å²) in [5.74, 6) is -0.877. The summed E-state index contributed by atoms with van der Waals surface area (Å²) in [6.07, 6.45) is 4.65. The standard InChI is InChI=1S/C26H48N2O8/c1-5-33-23(29)13-9-10-17-27(20-14-24(30)34-6-2)18-11-12-19-28(21-15-25(31)35-7-3)22-16-26(32)36-8-4/h5-22H2,1-4H3. The predicted molar refractivity (Wildman–Crippen MR) is 136 cm³/mol. The van der Waals surface area contributed by atoms with Crippen LogP contribution in [0.1, 0.15) is 79.1 Å². The molecule has 0 radical (unpaired) electrons. The molecule has 0 fully saturated rings. The van der Waals surface area contributed by atoms with Crippen LogP contribution in [-0.2, 0) is 38.1 Å². The molecule has 0 aromatic rings. The first-order valence-electron chi connectivity index (χ1n) is 13.4. The van der Waals surface area contributed by atoms with Gasteiger partial charge >= 0.3 is 23.9 Å². The molecule has 0 atom stereocenters. The molecule has 10 nitrogen and oxygen atoms in total. The average molecular weight is 517 g/mol. The SMILES string of the molecule is CCOC(=O)CCCCN(CCCCN(CCC(=O)OCC)CCC(=O)OCC)CCC(=O)OCC. The second kappa shape index (κ2) is 23.2. The van der Waals surface area contributed by atoms with E-state index in [-0.39, 0.29) is 36.7 Å². The summed E-state index contributed by atoms with van der Waals surface area (Å²) in [5, 5.41) is 0. The van der Waals surface area contributed by atoms with Gasteiger partial charge in [-0.15, -0.1) is 0 Å². The lowest BCUT2D eigenvalue weighted by Gasteiger charge is -2.24. The van der Waals surface area contributed by atoms with Crippen molar-refractivity contribution in [3.8, 4) is 0 Å². The Morgan fingerprint density at radius 2 is 0.694 bits per heavy atom. The van der Waals surface area contributed by atoms with Crippen molar-refractivity contribution in [2.24, 2.45) is 0 Å². The molecular formula is C26H48N2O8. The lowest BCUT2D eigenvalue weighted by atomic mass is 10.2. The van der Waals surface area contributed by atoms with Gasteiger partial charge in [0.1, 0.15) is 0 Å². The van der Waals surface area contributed by atoms with Crippen molar-refractivity contribution in [2.75, 3.05) is 65.7 Å². The molecule has 0 saturated carbocycles. The lowest BCUT2D eigenvalue weighted by Crippen LogP contribution is -2.32. The highest BCUT2D eigenvalue weighted by Gasteiger charge is 2.13. The number of rotatable bonds is 23. The first-order chi connectivity index (χ1) is 17.4. The van der Waals surface area contributed by atoms with E-state index in [0.717, 1.165) is 45.3 Å². The van der Waals surface area contributed by atoms with Crippen molar-refractivity contribution >= 4 is 23.9 Å². The molecule has 10 heteroatoms. The smallest absolute Gasteiger partial charge is 0.307 e. The van der Waals surface area contributed by atoms with Gasteiger partial charge in [-0.25, -0.2) is 0 Å². The van der Waals surface area contributed by atoms with Gasteiger partial charge in [-0.2, -0.15) is 0 Å². The van der Waals surface area contributed by atoms with Crippen molar-refractivity contribution in [2.45, 2.75) is 79.1 Å². The van der Waals surface area contributed by atoms with Crippen LogP contribution in [-0.4, -0.2) is 99.4 Å². The molecule has 210 valence electrons. The molecule has 0 aromatic carbocycles. The van der Waals surface area contributed by atoms with Crippen molar-refractivity contribution in [3.63, 3.8) is 0 Å². The van der Waals surface area contributed by atoms with Gasteiger partial charge in [0.05, 0.1) is 45.7 Å². The third kappa shape index (κ3) is 20.0. The summed E-state index contributed by atoms with van der Waals surface area (Å²) in [4.78, 5) is 51.2. The van der Waals surface area contributed by atoms with E-state index in [9.17, 15) is 19.2 Å². The minimum atomic E-state index is -0.244. The highest BCUT2D eigenvalue weighted by Crippen LogP contribution is 2.07. The van der Waals surface area contributed by atoms with Gasteiger partial charge in [0.25, 0.3) is 0 Å². The zero-order valence-electron chi connectivity index (χ0n) is 22.9. The van der Waals surface area contributed by atoms with E-state index in [1.807, 2.05) is 0 Å². The fourth-order valence-electron chi connectivity index (χ4n) is 3.63. The van der Waals surface area contributed by atoms with Crippen LogP contribution in [0.25, 0.3) is 0 Å². The van der Waals surface area contributed by atoms with Crippen LogP contribution < -0.4 is 0 Å². The van der Waals surface area contributed by atoms with Gasteiger partial charge in [0.2, 0.25) is 0 Å². The van der Waals surface area contributed by atoms with Crippen LogP contribution >= 0.6 is 0 Å². The van der Waals surface area contributed by atoms with Crippen molar-refractivity contribution < 1.29 is 38.1 Å².